The van der Waals surface area contributed by atoms with Crippen molar-refractivity contribution in [2.75, 3.05) is 7.11 Å². The molecule has 1 aromatic heterocycles. The first-order valence-electron chi connectivity index (χ1n) is 5.35. The average Bonchev–Trinajstić information content (AvgIpc) is 2.71. The number of aryl methyl sites for hydroxylation is 1. The Bertz CT molecular complexity index is 569. The van der Waals surface area contributed by atoms with Crippen LogP contribution in [0.5, 0.6) is 5.75 Å². The molecule has 2 aromatic rings. The number of carbonyl (C=O) groups is 1. The van der Waals surface area contributed by atoms with E-state index in [9.17, 15) is 0 Å². The zero-order valence-corrected chi connectivity index (χ0v) is 11.5. The molecule has 102 valence electrons. The molecule has 0 fully saturated rings. The van der Waals surface area contributed by atoms with Gasteiger partial charge in [0.2, 0.25) is 0 Å². The van der Waals surface area contributed by atoms with Gasteiger partial charge in [-0.15, -0.1) is 5.10 Å². The van der Waals surface area contributed by atoms with Crippen molar-refractivity contribution in [1.29, 1.82) is 0 Å². The van der Waals surface area contributed by atoms with Gasteiger partial charge in [0.1, 0.15) is 11.4 Å². The second kappa shape index (κ2) is 6.75. The summed E-state index contributed by atoms with van der Waals surface area (Å²) in [6.07, 6.45) is 0. The number of hydrogen-bond acceptors (Lipinski definition) is 4. The number of rotatable bonds is 2. The normalized spacial score (nSPS) is 9.47. The van der Waals surface area contributed by atoms with Crippen molar-refractivity contribution in [1.82, 2.24) is 15.0 Å². The van der Waals surface area contributed by atoms with E-state index in [2.05, 4.69) is 10.3 Å². The topological polar surface area (TPSA) is 77.2 Å². The molecule has 0 radical (unpaired) electrons. The Morgan fingerprint density at radius 3 is 2.53 bits per heavy atom. The predicted molar refractivity (Wildman–Crippen MR) is 71.1 cm³/mol. The largest absolute Gasteiger partial charge is 0.494 e. The maximum Gasteiger partial charge on any atom is 0.290 e. The van der Waals surface area contributed by atoms with Gasteiger partial charge in [-0.3, -0.25) is 4.79 Å². The van der Waals surface area contributed by atoms with Crippen LogP contribution in [0.1, 0.15) is 11.4 Å². The van der Waals surface area contributed by atoms with Gasteiger partial charge < -0.3 is 9.84 Å². The molecular formula is C12H14ClN3O3. The van der Waals surface area contributed by atoms with E-state index >= 15 is 0 Å². The van der Waals surface area contributed by atoms with Crippen LogP contribution < -0.4 is 4.74 Å². The highest BCUT2D eigenvalue weighted by molar-refractivity contribution is 6.30. The monoisotopic (exact) mass is 283 g/mol. The van der Waals surface area contributed by atoms with Gasteiger partial charge in [-0.2, -0.15) is 0 Å². The highest BCUT2D eigenvalue weighted by Gasteiger charge is 2.11. The Hall–Kier alpha value is -2.08. The summed E-state index contributed by atoms with van der Waals surface area (Å²) in [6.45, 7) is 3.62. The Morgan fingerprint density at radius 2 is 2.05 bits per heavy atom. The van der Waals surface area contributed by atoms with Crippen LogP contribution in [-0.4, -0.2) is 33.7 Å². The van der Waals surface area contributed by atoms with Crippen molar-refractivity contribution >= 4 is 18.1 Å². The Kier molecular flexibility index (Phi) is 5.32. The minimum Gasteiger partial charge on any atom is -0.494 e. The van der Waals surface area contributed by atoms with Crippen LogP contribution in [0.25, 0.3) is 5.69 Å². The zero-order chi connectivity index (χ0) is 14.4. The van der Waals surface area contributed by atoms with Gasteiger partial charge in [0, 0.05) is 5.02 Å². The van der Waals surface area contributed by atoms with E-state index in [1.807, 2.05) is 26.0 Å². The molecule has 0 saturated carbocycles. The van der Waals surface area contributed by atoms with Crippen LogP contribution in [0.2, 0.25) is 5.02 Å². The quantitative estimate of drug-likeness (QED) is 0.855. The summed E-state index contributed by atoms with van der Waals surface area (Å²) in [5.41, 5.74) is 2.66. The molecule has 19 heavy (non-hydrogen) atoms. The van der Waals surface area contributed by atoms with Crippen LogP contribution in [0.3, 0.4) is 0 Å². The SMILES string of the molecule is COc1ccc(Cl)cc1-n1nnc(C)c1C.O=CO. The molecule has 1 heterocycles. The molecule has 7 heteroatoms. The van der Waals surface area contributed by atoms with Crippen LogP contribution in [0.15, 0.2) is 18.2 Å². The van der Waals surface area contributed by atoms with Gasteiger partial charge in [0.25, 0.3) is 6.47 Å². The molecule has 1 N–H and O–H groups in total. The molecule has 0 spiro atoms. The van der Waals surface area contributed by atoms with Crippen LogP contribution in [0, 0.1) is 13.8 Å². The smallest absolute Gasteiger partial charge is 0.290 e. The summed E-state index contributed by atoms with van der Waals surface area (Å²) >= 11 is 5.97. The van der Waals surface area contributed by atoms with E-state index in [0.717, 1.165) is 22.8 Å². The van der Waals surface area contributed by atoms with Crippen molar-refractivity contribution in [2.45, 2.75) is 13.8 Å². The number of halogens is 1. The fraction of sp³-hybridized carbons (Fsp3) is 0.250. The highest BCUT2D eigenvalue weighted by Crippen LogP contribution is 2.26. The summed E-state index contributed by atoms with van der Waals surface area (Å²) in [5, 5.41) is 15.6. The molecule has 0 saturated heterocycles. The minimum atomic E-state index is -0.250. The zero-order valence-electron chi connectivity index (χ0n) is 10.8. The van der Waals surface area contributed by atoms with Gasteiger partial charge in [-0.05, 0) is 32.0 Å². The van der Waals surface area contributed by atoms with E-state index in [0.29, 0.717) is 5.02 Å². The molecule has 0 aliphatic carbocycles. The van der Waals surface area contributed by atoms with Gasteiger partial charge in [0.15, 0.2) is 0 Å². The number of ether oxygens (including phenoxy) is 1. The first kappa shape index (κ1) is 15.0. The number of carboxylic acid groups (broad SMARTS) is 1. The third-order valence-corrected chi connectivity index (χ3v) is 2.73. The van der Waals surface area contributed by atoms with Crippen molar-refractivity contribution < 1.29 is 14.6 Å². The Labute approximate surface area is 115 Å². The molecule has 0 amide bonds. The predicted octanol–water partition coefficient (Wildman–Crippen LogP) is 2.25. The lowest BCUT2D eigenvalue weighted by atomic mass is 10.2. The van der Waals surface area contributed by atoms with E-state index in [1.54, 1.807) is 17.9 Å². The fourth-order valence-corrected chi connectivity index (χ4v) is 1.63. The molecule has 1 aromatic carbocycles. The average molecular weight is 284 g/mol. The number of hydrogen-bond donors (Lipinski definition) is 1. The van der Waals surface area contributed by atoms with E-state index in [1.165, 1.54) is 0 Å². The number of nitrogens with zero attached hydrogens (tertiary/aromatic N) is 3. The molecule has 0 aliphatic rings. The first-order valence-corrected chi connectivity index (χ1v) is 5.73. The summed E-state index contributed by atoms with van der Waals surface area (Å²) in [5.74, 6) is 0.720. The van der Waals surface area contributed by atoms with Gasteiger partial charge in [-0.25, -0.2) is 4.68 Å². The van der Waals surface area contributed by atoms with E-state index in [4.69, 9.17) is 26.2 Å². The fourth-order valence-electron chi connectivity index (χ4n) is 1.46. The maximum absolute atomic E-state index is 8.36. The van der Waals surface area contributed by atoms with Crippen molar-refractivity contribution in [2.24, 2.45) is 0 Å². The van der Waals surface area contributed by atoms with Crippen LogP contribution in [0.4, 0.5) is 0 Å². The molecule has 2 rings (SSSR count). The van der Waals surface area contributed by atoms with Crippen molar-refractivity contribution in [3.8, 4) is 11.4 Å². The van der Waals surface area contributed by atoms with Crippen LogP contribution in [-0.2, 0) is 4.79 Å². The number of benzene rings is 1. The number of methoxy groups -OCH3 is 1. The third-order valence-electron chi connectivity index (χ3n) is 2.49. The third kappa shape index (κ3) is 3.45. The summed E-state index contributed by atoms with van der Waals surface area (Å²) in [4.78, 5) is 8.36. The molecule has 6 nitrogen and oxygen atoms in total. The second-order valence-corrected chi connectivity index (χ2v) is 4.03. The molecule has 0 unspecified atom stereocenters. The molecule has 0 bridgehead atoms. The number of aromatic nitrogens is 3. The molecular weight excluding hydrogens is 270 g/mol. The second-order valence-electron chi connectivity index (χ2n) is 3.59. The van der Waals surface area contributed by atoms with Crippen molar-refractivity contribution in [3.05, 3.63) is 34.6 Å². The lowest BCUT2D eigenvalue weighted by Gasteiger charge is -2.09. The van der Waals surface area contributed by atoms with Crippen LogP contribution >= 0.6 is 11.6 Å². The van der Waals surface area contributed by atoms with E-state index in [-0.39, 0.29) is 6.47 Å². The van der Waals surface area contributed by atoms with Crippen molar-refractivity contribution in [3.63, 3.8) is 0 Å². The molecule has 0 aliphatic heterocycles. The van der Waals surface area contributed by atoms with Gasteiger partial charge in [-0.1, -0.05) is 16.8 Å². The maximum atomic E-state index is 8.36. The standard InChI is InChI=1S/C11H12ClN3O.CH2O2/c1-7-8(2)15(14-13-7)10-6-9(12)4-5-11(10)16-3;2-1-3/h4-6H,1-3H3;1H,(H,2,3). The summed E-state index contributed by atoms with van der Waals surface area (Å²) in [6, 6.07) is 5.40. The Balaban J connectivity index is 0.000000550. The van der Waals surface area contributed by atoms with Gasteiger partial charge in [0.05, 0.1) is 18.5 Å². The minimum absolute atomic E-state index is 0.250. The first-order chi connectivity index (χ1) is 9.04. The lowest BCUT2D eigenvalue weighted by Crippen LogP contribution is -2.02. The highest BCUT2D eigenvalue weighted by atomic mass is 35.5. The molecule has 0 atom stereocenters. The summed E-state index contributed by atoms with van der Waals surface area (Å²) in [7, 11) is 1.62. The van der Waals surface area contributed by atoms with Gasteiger partial charge >= 0.3 is 0 Å². The Morgan fingerprint density at radius 1 is 1.42 bits per heavy atom. The van der Waals surface area contributed by atoms with E-state index < -0.39 is 0 Å². The lowest BCUT2D eigenvalue weighted by molar-refractivity contribution is -0.122. The summed E-state index contributed by atoms with van der Waals surface area (Å²) < 4.78 is 6.99.